The number of rotatable bonds is 5. The summed E-state index contributed by atoms with van der Waals surface area (Å²) in [5, 5.41) is 3.74. The van der Waals surface area contributed by atoms with Crippen molar-refractivity contribution in [3.05, 3.63) is 35.6 Å². The fourth-order valence-corrected chi connectivity index (χ4v) is 3.52. The van der Waals surface area contributed by atoms with Gasteiger partial charge in [0.1, 0.15) is 5.82 Å². The molecule has 112 valence electrons. The Morgan fingerprint density at radius 1 is 1.15 bits per heavy atom. The van der Waals surface area contributed by atoms with E-state index in [2.05, 4.69) is 26.1 Å². The maximum Gasteiger partial charge on any atom is 0.123 e. The van der Waals surface area contributed by atoms with E-state index in [0.717, 1.165) is 11.8 Å². The Morgan fingerprint density at radius 2 is 1.85 bits per heavy atom. The standard InChI is InChI=1S/C18H28FN/c1-13(2)11-15-5-4-6-18(12-15)20-14(3)16-7-9-17(19)10-8-16/h7-10,13-15,18,20H,4-6,11-12H2,1-3H3. The van der Waals surface area contributed by atoms with E-state index in [-0.39, 0.29) is 5.82 Å². The first-order valence-corrected chi connectivity index (χ1v) is 8.06. The van der Waals surface area contributed by atoms with E-state index in [1.165, 1.54) is 37.7 Å². The Labute approximate surface area is 123 Å². The summed E-state index contributed by atoms with van der Waals surface area (Å²) in [6, 6.07) is 7.81. The highest BCUT2D eigenvalue weighted by Gasteiger charge is 2.23. The van der Waals surface area contributed by atoms with Gasteiger partial charge in [0.2, 0.25) is 0 Å². The molecule has 1 aliphatic rings. The van der Waals surface area contributed by atoms with Gasteiger partial charge in [-0.15, -0.1) is 0 Å². The summed E-state index contributed by atoms with van der Waals surface area (Å²) in [6.45, 7) is 6.82. The van der Waals surface area contributed by atoms with Crippen molar-refractivity contribution in [2.75, 3.05) is 0 Å². The van der Waals surface area contributed by atoms with Gasteiger partial charge in [-0.3, -0.25) is 0 Å². The molecule has 1 aliphatic carbocycles. The second kappa shape index (κ2) is 7.21. The molecule has 3 unspecified atom stereocenters. The van der Waals surface area contributed by atoms with Gasteiger partial charge in [-0.25, -0.2) is 4.39 Å². The summed E-state index contributed by atoms with van der Waals surface area (Å²) in [5.74, 6) is 1.52. The SMILES string of the molecule is CC(C)CC1CCCC(NC(C)c2ccc(F)cc2)C1. The summed E-state index contributed by atoms with van der Waals surface area (Å²) in [7, 11) is 0. The van der Waals surface area contributed by atoms with Crippen molar-refractivity contribution < 1.29 is 4.39 Å². The van der Waals surface area contributed by atoms with E-state index >= 15 is 0 Å². The van der Waals surface area contributed by atoms with Crippen molar-refractivity contribution in [3.8, 4) is 0 Å². The maximum absolute atomic E-state index is 13.0. The van der Waals surface area contributed by atoms with Gasteiger partial charge in [0, 0.05) is 12.1 Å². The van der Waals surface area contributed by atoms with Crippen molar-refractivity contribution in [2.24, 2.45) is 11.8 Å². The summed E-state index contributed by atoms with van der Waals surface area (Å²) in [6.07, 6.45) is 6.65. The molecule has 0 aliphatic heterocycles. The maximum atomic E-state index is 13.0. The van der Waals surface area contributed by atoms with E-state index in [9.17, 15) is 4.39 Å². The van der Waals surface area contributed by atoms with Gasteiger partial charge in [0.05, 0.1) is 0 Å². The van der Waals surface area contributed by atoms with Crippen LogP contribution >= 0.6 is 0 Å². The van der Waals surface area contributed by atoms with Crippen LogP contribution in [-0.4, -0.2) is 6.04 Å². The smallest absolute Gasteiger partial charge is 0.123 e. The number of hydrogen-bond donors (Lipinski definition) is 1. The molecule has 0 bridgehead atoms. The molecule has 1 nitrogen and oxygen atoms in total. The zero-order chi connectivity index (χ0) is 14.5. The quantitative estimate of drug-likeness (QED) is 0.791. The third kappa shape index (κ3) is 4.59. The number of hydrogen-bond acceptors (Lipinski definition) is 1. The van der Waals surface area contributed by atoms with Crippen LogP contribution in [0.15, 0.2) is 24.3 Å². The summed E-state index contributed by atoms with van der Waals surface area (Å²) in [4.78, 5) is 0. The van der Waals surface area contributed by atoms with Gasteiger partial charge >= 0.3 is 0 Å². The Kier molecular flexibility index (Phi) is 5.59. The minimum atomic E-state index is -0.157. The van der Waals surface area contributed by atoms with Gasteiger partial charge in [-0.05, 0) is 55.7 Å². The Bertz CT molecular complexity index is 398. The third-order valence-corrected chi connectivity index (χ3v) is 4.44. The van der Waals surface area contributed by atoms with Crippen LogP contribution in [0.1, 0.15) is 64.5 Å². The predicted molar refractivity (Wildman–Crippen MR) is 83.2 cm³/mol. The summed E-state index contributed by atoms with van der Waals surface area (Å²) >= 11 is 0. The monoisotopic (exact) mass is 277 g/mol. The molecule has 1 N–H and O–H groups in total. The van der Waals surface area contributed by atoms with Crippen molar-refractivity contribution in [2.45, 2.75) is 65.0 Å². The van der Waals surface area contributed by atoms with Gasteiger partial charge in [0.15, 0.2) is 0 Å². The van der Waals surface area contributed by atoms with Crippen molar-refractivity contribution >= 4 is 0 Å². The molecule has 0 aromatic heterocycles. The van der Waals surface area contributed by atoms with Crippen molar-refractivity contribution in [1.29, 1.82) is 0 Å². The van der Waals surface area contributed by atoms with Gasteiger partial charge in [-0.1, -0.05) is 38.8 Å². The zero-order valence-electron chi connectivity index (χ0n) is 13.0. The second-order valence-electron chi connectivity index (χ2n) is 6.80. The van der Waals surface area contributed by atoms with E-state index in [1.54, 1.807) is 12.1 Å². The van der Waals surface area contributed by atoms with Crippen LogP contribution in [0.4, 0.5) is 4.39 Å². The van der Waals surface area contributed by atoms with Gasteiger partial charge in [0.25, 0.3) is 0 Å². The molecule has 2 rings (SSSR count). The van der Waals surface area contributed by atoms with Crippen molar-refractivity contribution in [3.63, 3.8) is 0 Å². The molecule has 0 heterocycles. The highest BCUT2D eigenvalue weighted by atomic mass is 19.1. The fraction of sp³-hybridized carbons (Fsp3) is 0.667. The van der Waals surface area contributed by atoms with E-state index in [4.69, 9.17) is 0 Å². The first-order valence-electron chi connectivity index (χ1n) is 8.06. The van der Waals surface area contributed by atoms with E-state index in [1.807, 2.05) is 12.1 Å². The number of nitrogens with one attached hydrogen (secondary N) is 1. The lowest BCUT2D eigenvalue weighted by atomic mass is 9.81. The summed E-state index contributed by atoms with van der Waals surface area (Å²) < 4.78 is 13.0. The highest BCUT2D eigenvalue weighted by molar-refractivity contribution is 5.19. The topological polar surface area (TPSA) is 12.0 Å². The molecule has 3 atom stereocenters. The van der Waals surface area contributed by atoms with Crippen LogP contribution in [-0.2, 0) is 0 Å². The molecule has 1 aromatic rings. The molecular formula is C18H28FN. The van der Waals surface area contributed by atoms with Crippen LogP contribution in [0, 0.1) is 17.7 Å². The highest BCUT2D eigenvalue weighted by Crippen LogP contribution is 2.30. The predicted octanol–water partition coefficient (Wildman–Crippen LogP) is 5.08. The van der Waals surface area contributed by atoms with Gasteiger partial charge < -0.3 is 5.32 Å². The molecule has 0 spiro atoms. The lowest BCUT2D eigenvalue weighted by molar-refractivity contribution is 0.242. The average molecular weight is 277 g/mol. The molecule has 0 saturated heterocycles. The van der Waals surface area contributed by atoms with Crippen LogP contribution in [0.5, 0.6) is 0 Å². The second-order valence-corrected chi connectivity index (χ2v) is 6.80. The first kappa shape index (κ1) is 15.5. The third-order valence-electron chi connectivity index (χ3n) is 4.44. The van der Waals surface area contributed by atoms with Crippen LogP contribution in [0.25, 0.3) is 0 Å². The molecule has 0 amide bonds. The summed E-state index contributed by atoms with van der Waals surface area (Å²) in [5.41, 5.74) is 1.18. The van der Waals surface area contributed by atoms with E-state index < -0.39 is 0 Å². The Balaban J connectivity index is 1.87. The largest absolute Gasteiger partial charge is 0.307 e. The molecule has 2 heteroatoms. The zero-order valence-corrected chi connectivity index (χ0v) is 13.0. The van der Waals surface area contributed by atoms with E-state index in [0.29, 0.717) is 12.1 Å². The Morgan fingerprint density at radius 3 is 2.50 bits per heavy atom. The number of benzene rings is 1. The fourth-order valence-electron chi connectivity index (χ4n) is 3.52. The lowest BCUT2D eigenvalue weighted by Crippen LogP contribution is -2.36. The lowest BCUT2D eigenvalue weighted by Gasteiger charge is -2.33. The normalized spacial score (nSPS) is 24.9. The minimum absolute atomic E-state index is 0.157. The molecular weight excluding hydrogens is 249 g/mol. The molecule has 1 fully saturated rings. The van der Waals surface area contributed by atoms with Crippen LogP contribution in [0.2, 0.25) is 0 Å². The van der Waals surface area contributed by atoms with Crippen LogP contribution in [0.3, 0.4) is 0 Å². The Hall–Kier alpha value is -0.890. The molecule has 1 saturated carbocycles. The average Bonchev–Trinajstić information content (AvgIpc) is 2.39. The minimum Gasteiger partial charge on any atom is -0.307 e. The molecule has 20 heavy (non-hydrogen) atoms. The first-order chi connectivity index (χ1) is 9.54. The van der Waals surface area contributed by atoms with Crippen LogP contribution < -0.4 is 5.32 Å². The van der Waals surface area contributed by atoms with Crippen molar-refractivity contribution in [1.82, 2.24) is 5.32 Å². The molecule has 1 aromatic carbocycles. The van der Waals surface area contributed by atoms with Gasteiger partial charge in [-0.2, -0.15) is 0 Å². The number of halogens is 1. The molecule has 0 radical (unpaired) electrons.